The zero-order valence-corrected chi connectivity index (χ0v) is 10.8. The fourth-order valence-electron chi connectivity index (χ4n) is 2.10. The molecule has 1 saturated carbocycles. The third-order valence-electron chi connectivity index (χ3n) is 3.13. The van der Waals surface area contributed by atoms with Crippen LogP contribution < -0.4 is 5.32 Å². The lowest BCUT2D eigenvalue weighted by Gasteiger charge is -2.28. The summed E-state index contributed by atoms with van der Waals surface area (Å²) in [6.45, 7) is 2.02. The van der Waals surface area contributed by atoms with Crippen LogP contribution in [0.2, 0.25) is 0 Å². The maximum Gasteiger partial charge on any atom is 0.263 e. The number of amides is 1. The smallest absolute Gasteiger partial charge is 0.263 e. The van der Waals surface area contributed by atoms with E-state index in [4.69, 9.17) is 0 Å². The molecule has 2 rings (SSSR count). The summed E-state index contributed by atoms with van der Waals surface area (Å²) in [5.74, 6) is -0.104. The average molecular weight is 254 g/mol. The number of thiazole rings is 1. The lowest BCUT2D eigenvalue weighted by molar-refractivity contribution is 0.0720. The molecule has 2 N–H and O–H groups in total. The fourth-order valence-corrected chi connectivity index (χ4v) is 2.86. The fraction of sp³-hybridized carbons (Fsp3) is 0.667. The summed E-state index contributed by atoms with van der Waals surface area (Å²) in [5, 5.41) is 13.7. The van der Waals surface area contributed by atoms with Gasteiger partial charge in [-0.2, -0.15) is 0 Å². The normalized spacial score (nSPS) is 24.6. The van der Waals surface area contributed by atoms with Crippen LogP contribution in [0.4, 0.5) is 0 Å². The van der Waals surface area contributed by atoms with Crippen molar-refractivity contribution >= 4 is 17.2 Å². The lowest BCUT2D eigenvalue weighted by Crippen LogP contribution is -2.44. The van der Waals surface area contributed by atoms with E-state index < -0.39 is 6.10 Å². The van der Waals surface area contributed by atoms with Gasteiger partial charge in [-0.1, -0.05) is 19.8 Å². The Hall–Kier alpha value is -0.940. The minimum absolute atomic E-state index is 0.0940. The van der Waals surface area contributed by atoms with Gasteiger partial charge in [0.2, 0.25) is 0 Å². The molecule has 0 aromatic carbocycles. The van der Waals surface area contributed by atoms with Gasteiger partial charge < -0.3 is 10.4 Å². The van der Waals surface area contributed by atoms with Crippen LogP contribution in [0, 0.1) is 0 Å². The molecule has 1 amide bonds. The predicted octanol–water partition coefficient (Wildman–Crippen LogP) is 1.74. The summed E-state index contributed by atoms with van der Waals surface area (Å²) in [6.07, 6.45) is 5.85. The van der Waals surface area contributed by atoms with E-state index >= 15 is 0 Å². The Morgan fingerprint density at radius 2 is 2.35 bits per heavy atom. The number of carbonyl (C=O) groups is 1. The summed E-state index contributed by atoms with van der Waals surface area (Å²) in [5.41, 5.74) is 0. The zero-order chi connectivity index (χ0) is 12.3. The van der Waals surface area contributed by atoms with E-state index in [1.807, 2.05) is 6.92 Å². The van der Waals surface area contributed by atoms with Crippen LogP contribution in [-0.2, 0) is 6.42 Å². The summed E-state index contributed by atoms with van der Waals surface area (Å²) in [6, 6.07) is -0.0940. The number of aliphatic hydroxyl groups is 1. The Labute approximate surface area is 105 Å². The number of carbonyl (C=O) groups excluding carboxylic acids is 1. The Balaban J connectivity index is 1.96. The summed E-state index contributed by atoms with van der Waals surface area (Å²) in [7, 11) is 0. The van der Waals surface area contributed by atoms with Gasteiger partial charge in [0.15, 0.2) is 0 Å². The predicted molar refractivity (Wildman–Crippen MR) is 67.2 cm³/mol. The van der Waals surface area contributed by atoms with Gasteiger partial charge in [-0.05, 0) is 19.3 Å². The highest BCUT2D eigenvalue weighted by atomic mass is 32.1. The zero-order valence-electron chi connectivity index (χ0n) is 9.98. The molecule has 4 nitrogen and oxygen atoms in total. The van der Waals surface area contributed by atoms with Crippen molar-refractivity contribution in [3.05, 3.63) is 16.1 Å². The molecule has 5 heteroatoms. The van der Waals surface area contributed by atoms with Crippen molar-refractivity contribution in [2.24, 2.45) is 0 Å². The first kappa shape index (κ1) is 12.5. The summed E-state index contributed by atoms with van der Waals surface area (Å²) < 4.78 is 0. The first-order valence-corrected chi connectivity index (χ1v) is 6.96. The van der Waals surface area contributed by atoms with Crippen molar-refractivity contribution in [3.63, 3.8) is 0 Å². The number of nitrogens with zero attached hydrogens (tertiary/aromatic N) is 1. The van der Waals surface area contributed by atoms with Gasteiger partial charge in [0.05, 0.1) is 23.4 Å². The topological polar surface area (TPSA) is 62.2 Å². The molecule has 0 bridgehead atoms. The van der Waals surface area contributed by atoms with Gasteiger partial charge in [-0.3, -0.25) is 4.79 Å². The third kappa shape index (κ3) is 3.04. The quantitative estimate of drug-likeness (QED) is 0.863. The van der Waals surface area contributed by atoms with Gasteiger partial charge in [0.25, 0.3) is 5.91 Å². The Bertz CT molecular complexity index is 392. The van der Waals surface area contributed by atoms with E-state index in [0.29, 0.717) is 4.88 Å². The standard InChI is InChI=1S/C12H18N2O2S/c1-2-11-13-7-10(17-11)12(16)14-8-5-3-4-6-9(8)15/h7-9,15H,2-6H2,1H3,(H,14,16)/t8-,9-/m1/s1. The van der Waals surface area contributed by atoms with Crippen LogP contribution in [0.25, 0.3) is 0 Å². The number of aryl methyl sites for hydroxylation is 1. The Kier molecular flexibility index (Phi) is 4.12. The van der Waals surface area contributed by atoms with Gasteiger partial charge in [0.1, 0.15) is 4.88 Å². The van der Waals surface area contributed by atoms with Crippen molar-refractivity contribution in [1.29, 1.82) is 0 Å². The number of rotatable bonds is 3. The van der Waals surface area contributed by atoms with Crippen LogP contribution in [0.5, 0.6) is 0 Å². The summed E-state index contributed by atoms with van der Waals surface area (Å²) in [4.78, 5) is 16.7. The first-order chi connectivity index (χ1) is 8.20. The molecule has 94 valence electrons. The Morgan fingerprint density at radius 3 is 3.00 bits per heavy atom. The highest BCUT2D eigenvalue weighted by Crippen LogP contribution is 2.20. The van der Waals surface area contributed by atoms with E-state index in [2.05, 4.69) is 10.3 Å². The number of aliphatic hydroxyl groups excluding tert-OH is 1. The molecule has 1 fully saturated rings. The number of nitrogens with one attached hydrogen (secondary N) is 1. The minimum atomic E-state index is -0.397. The van der Waals surface area contributed by atoms with Crippen molar-refractivity contribution in [1.82, 2.24) is 10.3 Å². The van der Waals surface area contributed by atoms with E-state index in [1.165, 1.54) is 11.3 Å². The first-order valence-electron chi connectivity index (χ1n) is 6.14. The van der Waals surface area contributed by atoms with Crippen molar-refractivity contribution in [2.75, 3.05) is 0 Å². The SMILES string of the molecule is CCc1ncc(C(=O)N[C@@H]2CCCC[C@H]2O)s1. The molecular weight excluding hydrogens is 236 g/mol. The molecular formula is C12H18N2O2S. The molecule has 1 aliphatic carbocycles. The molecule has 1 aromatic heterocycles. The highest BCUT2D eigenvalue weighted by Gasteiger charge is 2.25. The van der Waals surface area contributed by atoms with E-state index in [-0.39, 0.29) is 11.9 Å². The van der Waals surface area contributed by atoms with Gasteiger partial charge in [-0.15, -0.1) is 11.3 Å². The van der Waals surface area contributed by atoms with Gasteiger partial charge in [-0.25, -0.2) is 4.98 Å². The number of aromatic nitrogens is 1. The molecule has 0 unspecified atom stereocenters. The summed E-state index contributed by atoms with van der Waals surface area (Å²) >= 11 is 1.43. The molecule has 0 aliphatic heterocycles. The van der Waals surface area contributed by atoms with Crippen LogP contribution in [0.15, 0.2) is 6.20 Å². The molecule has 2 atom stereocenters. The number of hydrogen-bond acceptors (Lipinski definition) is 4. The molecule has 0 radical (unpaired) electrons. The second-order valence-corrected chi connectivity index (χ2v) is 5.52. The lowest BCUT2D eigenvalue weighted by atomic mass is 9.92. The largest absolute Gasteiger partial charge is 0.391 e. The highest BCUT2D eigenvalue weighted by molar-refractivity contribution is 7.13. The molecule has 1 aromatic rings. The maximum atomic E-state index is 11.9. The molecule has 0 spiro atoms. The number of hydrogen-bond donors (Lipinski definition) is 2. The maximum absolute atomic E-state index is 11.9. The minimum Gasteiger partial charge on any atom is -0.391 e. The van der Waals surface area contributed by atoms with Crippen molar-refractivity contribution in [3.8, 4) is 0 Å². The molecule has 1 aliphatic rings. The van der Waals surface area contributed by atoms with Crippen LogP contribution in [0.1, 0.15) is 47.3 Å². The van der Waals surface area contributed by atoms with Gasteiger partial charge >= 0.3 is 0 Å². The Morgan fingerprint density at radius 1 is 1.59 bits per heavy atom. The second-order valence-electron chi connectivity index (χ2n) is 4.40. The van der Waals surface area contributed by atoms with Crippen molar-refractivity contribution in [2.45, 2.75) is 51.2 Å². The average Bonchev–Trinajstić information content (AvgIpc) is 2.81. The molecule has 17 heavy (non-hydrogen) atoms. The van der Waals surface area contributed by atoms with Crippen LogP contribution >= 0.6 is 11.3 Å². The van der Waals surface area contributed by atoms with E-state index in [9.17, 15) is 9.90 Å². The van der Waals surface area contributed by atoms with Crippen molar-refractivity contribution < 1.29 is 9.90 Å². The molecule has 1 heterocycles. The van der Waals surface area contributed by atoms with E-state index in [1.54, 1.807) is 6.20 Å². The van der Waals surface area contributed by atoms with Crippen LogP contribution in [-0.4, -0.2) is 28.1 Å². The molecule has 0 saturated heterocycles. The third-order valence-corrected chi connectivity index (χ3v) is 4.27. The second kappa shape index (κ2) is 5.60. The van der Waals surface area contributed by atoms with Crippen LogP contribution in [0.3, 0.4) is 0 Å². The van der Waals surface area contributed by atoms with E-state index in [0.717, 1.165) is 37.1 Å². The van der Waals surface area contributed by atoms with Gasteiger partial charge in [0, 0.05) is 0 Å². The monoisotopic (exact) mass is 254 g/mol.